The Balaban J connectivity index is 3.00. The van der Waals surface area contributed by atoms with Gasteiger partial charge in [-0.3, -0.25) is 9.59 Å². The number of nitrogens with one attached hydrogen (secondary N) is 1. The van der Waals surface area contributed by atoms with Crippen LogP contribution in [0.1, 0.15) is 27.7 Å². The Bertz CT molecular complexity index is 379. The SMILES string of the molecule is C[SiH2]OC(O[SiH2]C)C([C@H]1C(=O)N[C@@H]1OC(C)=O)C(C)(C)C. The van der Waals surface area contributed by atoms with Crippen LogP contribution in [0.15, 0.2) is 0 Å². The molecule has 3 atom stereocenters. The predicted octanol–water partition coefficient (Wildman–Crippen LogP) is -0.0930. The molecule has 1 aliphatic rings. The topological polar surface area (TPSA) is 73.9 Å². The van der Waals surface area contributed by atoms with Crippen LogP contribution >= 0.6 is 0 Å². The van der Waals surface area contributed by atoms with Crippen molar-refractivity contribution in [3.63, 3.8) is 0 Å². The molecule has 1 rings (SSSR count). The molecule has 1 saturated heterocycles. The third-order valence-electron chi connectivity index (χ3n) is 3.55. The number of carbonyl (C=O) groups excluding carboxylic acids is 2. The normalized spacial score (nSPS) is 25.9. The van der Waals surface area contributed by atoms with Gasteiger partial charge in [0.25, 0.3) is 0 Å². The highest BCUT2D eigenvalue weighted by Crippen LogP contribution is 2.41. The van der Waals surface area contributed by atoms with Crippen LogP contribution in [0.3, 0.4) is 0 Å². The van der Waals surface area contributed by atoms with Gasteiger partial charge in [-0.25, -0.2) is 0 Å². The smallest absolute Gasteiger partial charge is 0.304 e. The summed E-state index contributed by atoms with van der Waals surface area (Å²) in [5.41, 5.74) is -0.196. The maximum Gasteiger partial charge on any atom is 0.304 e. The van der Waals surface area contributed by atoms with E-state index < -0.39 is 37.6 Å². The number of β-lactam (4-membered cyclic amide) rings is 1. The summed E-state index contributed by atoms with van der Waals surface area (Å²) >= 11 is 0. The molecule has 8 heteroatoms. The predicted molar refractivity (Wildman–Crippen MR) is 84.9 cm³/mol. The van der Waals surface area contributed by atoms with Gasteiger partial charge >= 0.3 is 5.97 Å². The van der Waals surface area contributed by atoms with E-state index in [-0.39, 0.29) is 23.5 Å². The first kappa shape index (κ1) is 18.3. The van der Waals surface area contributed by atoms with Crippen LogP contribution < -0.4 is 5.32 Å². The quantitative estimate of drug-likeness (QED) is 0.305. The van der Waals surface area contributed by atoms with E-state index in [1.165, 1.54) is 6.92 Å². The van der Waals surface area contributed by atoms with Crippen molar-refractivity contribution in [3.05, 3.63) is 0 Å². The summed E-state index contributed by atoms with van der Waals surface area (Å²) in [7, 11) is -1.34. The molecular weight excluding hydrogens is 306 g/mol. The molecule has 0 aromatic rings. The number of rotatable bonds is 7. The van der Waals surface area contributed by atoms with E-state index in [0.717, 1.165) is 0 Å². The summed E-state index contributed by atoms with van der Waals surface area (Å²) in [5, 5.41) is 2.65. The Morgan fingerprint density at radius 3 is 2.10 bits per heavy atom. The van der Waals surface area contributed by atoms with Crippen LogP contribution in [0.25, 0.3) is 0 Å². The van der Waals surface area contributed by atoms with E-state index in [2.05, 4.69) is 26.1 Å². The second-order valence-corrected chi connectivity index (χ2v) is 8.06. The molecule has 0 saturated carbocycles. The molecule has 1 aliphatic heterocycles. The molecule has 122 valence electrons. The van der Waals surface area contributed by atoms with Crippen molar-refractivity contribution in [2.24, 2.45) is 17.3 Å². The third kappa shape index (κ3) is 4.63. The molecule has 21 heavy (non-hydrogen) atoms. The molecule has 1 fully saturated rings. The molecule has 0 radical (unpaired) electrons. The first-order valence-corrected chi connectivity index (χ1v) is 11.4. The van der Waals surface area contributed by atoms with Gasteiger partial charge in [0.05, 0.1) is 0 Å². The zero-order valence-electron chi connectivity index (χ0n) is 13.8. The van der Waals surface area contributed by atoms with Crippen LogP contribution in [0.4, 0.5) is 0 Å². The second kappa shape index (κ2) is 7.52. The van der Waals surface area contributed by atoms with Crippen LogP contribution in [0, 0.1) is 17.3 Å². The van der Waals surface area contributed by atoms with Crippen molar-refractivity contribution in [2.75, 3.05) is 0 Å². The fraction of sp³-hybridized carbons (Fsp3) is 0.846. The molecular formula is C13H27NO5Si2. The van der Waals surface area contributed by atoms with Gasteiger partial charge in [0.2, 0.25) is 5.91 Å². The average Bonchev–Trinajstić information content (AvgIpc) is 2.33. The molecule has 6 nitrogen and oxygen atoms in total. The minimum atomic E-state index is -0.668. The molecule has 1 heterocycles. The Morgan fingerprint density at radius 2 is 1.76 bits per heavy atom. The molecule has 0 spiro atoms. The number of esters is 1. The lowest BCUT2D eigenvalue weighted by molar-refractivity contribution is -0.189. The van der Waals surface area contributed by atoms with Gasteiger partial charge in [0, 0.05) is 12.8 Å². The van der Waals surface area contributed by atoms with Crippen molar-refractivity contribution in [3.8, 4) is 0 Å². The van der Waals surface area contributed by atoms with E-state index in [0.29, 0.717) is 0 Å². The van der Waals surface area contributed by atoms with Crippen molar-refractivity contribution in [2.45, 2.75) is 53.3 Å². The van der Waals surface area contributed by atoms with Gasteiger partial charge in [0.1, 0.15) is 12.2 Å². The number of amides is 1. The van der Waals surface area contributed by atoms with Crippen LogP contribution in [-0.2, 0) is 23.2 Å². The molecule has 1 unspecified atom stereocenters. The number of carbonyl (C=O) groups is 2. The van der Waals surface area contributed by atoms with Crippen LogP contribution in [0.2, 0.25) is 13.1 Å². The van der Waals surface area contributed by atoms with E-state index in [1.54, 1.807) is 0 Å². The first-order valence-electron chi connectivity index (χ1n) is 7.43. The largest absolute Gasteiger partial charge is 0.441 e. The molecule has 0 aromatic heterocycles. The van der Waals surface area contributed by atoms with Crippen molar-refractivity contribution < 1.29 is 23.2 Å². The van der Waals surface area contributed by atoms with Gasteiger partial charge in [-0.15, -0.1) is 0 Å². The maximum atomic E-state index is 12.0. The summed E-state index contributed by atoms with van der Waals surface area (Å²) in [6, 6.07) is 0. The highest BCUT2D eigenvalue weighted by atomic mass is 28.2. The van der Waals surface area contributed by atoms with Gasteiger partial charge in [-0.1, -0.05) is 33.9 Å². The number of hydrogen-bond donors (Lipinski definition) is 1. The standard InChI is InChI=1S/C13H27NO5Si2/c1-7(15)17-11-8(10(16)14-11)9(13(2,3)4)12(18-20-5)19-21-6/h8-9,11-12H,20-21H2,1-6H3,(H,14,16)/t8-,9?,11+/m0/s1. The molecule has 0 bridgehead atoms. The monoisotopic (exact) mass is 333 g/mol. The van der Waals surface area contributed by atoms with E-state index in [4.69, 9.17) is 13.6 Å². The summed E-state index contributed by atoms with van der Waals surface area (Å²) in [5.74, 6) is -1.06. The van der Waals surface area contributed by atoms with Crippen LogP contribution in [0.5, 0.6) is 0 Å². The summed E-state index contributed by atoms with van der Waals surface area (Å²) in [6.45, 7) is 11.6. The number of hydrogen-bond acceptors (Lipinski definition) is 5. The highest BCUT2D eigenvalue weighted by molar-refractivity contribution is 6.26. The van der Waals surface area contributed by atoms with E-state index in [9.17, 15) is 9.59 Å². The minimum Gasteiger partial charge on any atom is -0.441 e. The number of ether oxygens (including phenoxy) is 1. The van der Waals surface area contributed by atoms with Crippen LogP contribution in [-0.4, -0.2) is 43.9 Å². The van der Waals surface area contributed by atoms with E-state index in [1.807, 2.05) is 13.1 Å². The minimum absolute atomic E-state index is 0.103. The first-order chi connectivity index (χ1) is 9.72. The lowest BCUT2D eigenvalue weighted by Gasteiger charge is -2.48. The van der Waals surface area contributed by atoms with Gasteiger partial charge in [-0.05, 0) is 5.41 Å². The molecule has 1 N–H and O–H groups in total. The third-order valence-corrected chi connectivity index (χ3v) is 4.87. The average molecular weight is 334 g/mol. The van der Waals surface area contributed by atoms with Gasteiger partial charge in [-0.2, -0.15) is 0 Å². The summed E-state index contributed by atoms with van der Waals surface area (Å²) in [6.07, 6.45) is -0.960. The molecule has 1 amide bonds. The lowest BCUT2D eigenvalue weighted by Crippen LogP contribution is -2.66. The van der Waals surface area contributed by atoms with Crippen molar-refractivity contribution in [1.82, 2.24) is 5.32 Å². The lowest BCUT2D eigenvalue weighted by atomic mass is 9.69. The van der Waals surface area contributed by atoms with Crippen molar-refractivity contribution in [1.29, 1.82) is 0 Å². The zero-order chi connectivity index (χ0) is 16.2. The zero-order valence-corrected chi connectivity index (χ0v) is 16.6. The second-order valence-electron chi connectivity index (χ2n) is 6.24. The summed E-state index contributed by atoms with van der Waals surface area (Å²) in [4.78, 5) is 23.2. The molecule has 0 aromatic carbocycles. The Morgan fingerprint density at radius 1 is 1.24 bits per heavy atom. The van der Waals surface area contributed by atoms with Crippen molar-refractivity contribution >= 4 is 31.4 Å². The Labute approximate surface area is 131 Å². The maximum absolute atomic E-state index is 12.0. The highest BCUT2D eigenvalue weighted by Gasteiger charge is 2.53. The molecule has 0 aliphatic carbocycles. The summed E-state index contributed by atoms with van der Waals surface area (Å²) < 4.78 is 16.9. The van der Waals surface area contributed by atoms with E-state index >= 15 is 0 Å². The fourth-order valence-corrected chi connectivity index (χ4v) is 4.16. The fourth-order valence-electron chi connectivity index (χ4n) is 2.70. The Kier molecular flexibility index (Phi) is 6.57. The van der Waals surface area contributed by atoms with Gasteiger partial charge < -0.3 is 18.9 Å². The Hall–Kier alpha value is -0.706. The van der Waals surface area contributed by atoms with Gasteiger partial charge in [0.15, 0.2) is 25.8 Å².